The van der Waals surface area contributed by atoms with Gasteiger partial charge in [-0.05, 0) is 13.0 Å². The number of aromatic nitrogens is 3. The Labute approximate surface area is 124 Å². The molecule has 3 aromatic rings. The van der Waals surface area contributed by atoms with Crippen LogP contribution in [0.2, 0.25) is 5.02 Å². The van der Waals surface area contributed by atoms with Crippen LogP contribution in [0.1, 0.15) is 17.5 Å². The molecule has 0 saturated carbocycles. The Bertz CT molecular complexity index is 781. The molecule has 104 valence electrons. The van der Waals surface area contributed by atoms with Crippen LogP contribution >= 0.6 is 23.2 Å². The van der Waals surface area contributed by atoms with Crippen LogP contribution in [0.25, 0.3) is 11.0 Å². The maximum Gasteiger partial charge on any atom is 0.214 e. The van der Waals surface area contributed by atoms with E-state index in [1.54, 1.807) is 10.8 Å². The second-order valence-electron chi connectivity index (χ2n) is 4.37. The largest absolute Gasteiger partial charge is 0.444 e. The Morgan fingerprint density at radius 1 is 1.40 bits per heavy atom. The van der Waals surface area contributed by atoms with E-state index in [2.05, 4.69) is 9.97 Å². The average Bonchev–Trinajstić information content (AvgIpc) is 2.96. The highest BCUT2D eigenvalue weighted by atomic mass is 35.5. The van der Waals surface area contributed by atoms with Crippen LogP contribution in [0.5, 0.6) is 0 Å². The summed E-state index contributed by atoms with van der Waals surface area (Å²) in [7, 11) is 0. The summed E-state index contributed by atoms with van der Waals surface area (Å²) in [4.78, 5) is 8.48. The average molecular weight is 314 g/mol. The zero-order valence-electron chi connectivity index (χ0n) is 10.5. The van der Waals surface area contributed by atoms with Gasteiger partial charge in [0.05, 0.1) is 28.1 Å². The Kier molecular flexibility index (Phi) is 3.40. The van der Waals surface area contributed by atoms with E-state index >= 15 is 0 Å². The van der Waals surface area contributed by atoms with Gasteiger partial charge in [-0.2, -0.15) is 0 Å². The van der Waals surface area contributed by atoms with E-state index in [1.807, 2.05) is 6.92 Å². The summed E-state index contributed by atoms with van der Waals surface area (Å²) in [5.74, 6) is 1.55. The first-order valence-electron chi connectivity index (χ1n) is 5.90. The molecular weight excluding hydrogens is 304 g/mol. The molecule has 0 spiro atoms. The van der Waals surface area contributed by atoms with Crippen molar-refractivity contribution in [2.75, 3.05) is 0 Å². The molecule has 0 aliphatic rings. The molecule has 0 aliphatic carbocycles. The van der Waals surface area contributed by atoms with Crippen molar-refractivity contribution < 1.29 is 8.81 Å². The van der Waals surface area contributed by atoms with Crippen LogP contribution in [0.3, 0.4) is 0 Å². The van der Waals surface area contributed by atoms with Gasteiger partial charge in [-0.3, -0.25) is 0 Å². The summed E-state index contributed by atoms with van der Waals surface area (Å²) >= 11 is 11.7. The van der Waals surface area contributed by atoms with Crippen molar-refractivity contribution in [1.82, 2.24) is 14.5 Å². The molecule has 7 heteroatoms. The number of oxazole rings is 1. The number of halogens is 3. The van der Waals surface area contributed by atoms with Gasteiger partial charge in [-0.25, -0.2) is 14.4 Å². The van der Waals surface area contributed by atoms with E-state index < -0.39 is 5.82 Å². The minimum Gasteiger partial charge on any atom is -0.444 e. The monoisotopic (exact) mass is 313 g/mol. The van der Waals surface area contributed by atoms with Crippen molar-refractivity contribution in [3.8, 4) is 0 Å². The second kappa shape index (κ2) is 5.07. The third kappa shape index (κ3) is 2.27. The number of imidazole rings is 1. The summed E-state index contributed by atoms with van der Waals surface area (Å²) < 4.78 is 20.8. The van der Waals surface area contributed by atoms with Crippen molar-refractivity contribution in [3.05, 3.63) is 46.6 Å². The summed E-state index contributed by atoms with van der Waals surface area (Å²) in [6.07, 6.45) is 1.63. The maximum absolute atomic E-state index is 13.6. The molecule has 2 aromatic heterocycles. The van der Waals surface area contributed by atoms with E-state index in [0.29, 0.717) is 35.1 Å². The number of benzene rings is 1. The van der Waals surface area contributed by atoms with Crippen LogP contribution in [0, 0.1) is 12.7 Å². The first-order chi connectivity index (χ1) is 9.58. The predicted octanol–water partition coefficient (Wildman–Crippen LogP) is 3.91. The lowest BCUT2D eigenvalue weighted by atomic mass is 10.3. The van der Waals surface area contributed by atoms with E-state index in [1.165, 1.54) is 12.1 Å². The fourth-order valence-corrected chi connectivity index (χ4v) is 2.42. The summed E-state index contributed by atoms with van der Waals surface area (Å²) in [5, 5.41) is 0.0373. The molecular formula is C13H10Cl2FN3O. The number of fused-ring (bicyclic) bond motifs is 1. The number of alkyl halides is 1. The van der Waals surface area contributed by atoms with E-state index in [0.717, 1.165) is 0 Å². The van der Waals surface area contributed by atoms with Crippen LogP contribution in [0.4, 0.5) is 4.39 Å². The molecule has 3 rings (SSSR count). The van der Waals surface area contributed by atoms with Gasteiger partial charge >= 0.3 is 0 Å². The van der Waals surface area contributed by atoms with Gasteiger partial charge in [0.25, 0.3) is 0 Å². The molecule has 2 heterocycles. The Morgan fingerprint density at radius 2 is 2.20 bits per heavy atom. The SMILES string of the molecule is Cc1cnc(Cn2c(CCl)nc3cc(Cl)c(F)cc32)o1. The zero-order chi connectivity index (χ0) is 14.3. The Morgan fingerprint density at radius 3 is 2.85 bits per heavy atom. The van der Waals surface area contributed by atoms with Crippen molar-refractivity contribution in [3.63, 3.8) is 0 Å². The lowest BCUT2D eigenvalue weighted by Gasteiger charge is -2.05. The zero-order valence-corrected chi connectivity index (χ0v) is 12.0. The minimum atomic E-state index is -0.495. The van der Waals surface area contributed by atoms with E-state index in [9.17, 15) is 4.39 Å². The lowest BCUT2D eigenvalue weighted by Crippen LogP contribution is -2.04. The highest BCUT2D eigenvalue weighted by molar-refractivity contribution is 6.31. The fraction of sp³-hybridized carbons (Fsp3) is 0.231. The molecule has 0 fully saturated rings. The van der Waals surface area contributed by atoms with Gasteiger partial charge < -0.3 is 8.98 Å². The molecule has 1 aromatic carbocycles. The topological polar surface area (TPSA) is 43.9 Å². The quantitative estimate of drug-likeness (QED) is 0.688. The van der Waals surface area contributed by atoms with Crippen LogP contribution in [-0.4, -0.2) is 14.5 Å². The first kappa shape index (κ1) is 13.4. The number of aryl methyl sites for hydroxylation is 1. The second-order valence-corrected chi connectivity index (χ2v) is 5.04. The summed E-state index contributed by atoms with van der Waals surface area (Å²) in [6, 6.07) is 2.83. The summed E-state index contributed by atoms with van der Waals surface area (Å²) in [5.41, 5.74) is 1.20. The normalized spacial score (nSPS) is 11.4. The highest BCUT2D eigenvalue weighted by Crippen LogP contribution is 2.25. The molecule has 0 radical (unpaired) electrons. The molecule has 0 atom stereocenters. The van der Waals surface area contributed by atoms with Gasteiger partial charge in [0.15, 0.2) is 0 Å². The molecule has 4 nitrogen and oxygen atoms in total. The molecule has 0 amide bonds. The predicted molar refractivity (Wildman–Crippen MR) is 74.6 cm³/mol. The smallest absolute Gasteiger partial charge is 0.214 e. The maximum atomic E-state index is 13.6. The van der Waals surface area contributed by atoms with Crippen molar-refractivity contribution >= 4 is 34.2 Å². The molecule has 0 unspecified atom stereocenters. The molecule has 0 aliphatic heterocycles. The highest BCUT2D eigenvalue weighted by Gasteiger charge is 2.15. The summed E-state index contributed by atoms with van der Waals surface area (Å²) in [6.45, 7) is 2.15. The van der Waals surface area contributed by atoms with Crippen molar-refractivity contribution in [1.29, 1.82) is 0 Å². The number of rotatable bonds is 3. The van der Waals surface area contributed by atoms with Gasteiger partial charge in [0.1, 0.15) is 23.9 Å². The first-order valence-corrected chi connectivity index (χ1v) is 6.81. The minimum absolute atomic E-state index is 0.0373. The number of hydrogen-bond donors (Lipinski definition) is 0. The molecule has 0 saturated heterocycles. The number of hydrogen-bond acceptors (Lipinski definition) is 3. The Hall–Kier alpha value is -1.59. The van der Waals surface area contributed by atoms with Gasteiger partial charge in [0.2, 0.25) is 5.89 Å². The number of nitrogens with zero attached hydrogens (tertiary/aromatic N) is 3. The molecule has 0 N–H and O–H groups in total. The van der Waals surface area contributed by atoms with Crippen molar-refractivity contribution in [2.24, 2.45) is 0 Å². The third-order valence-corrected chi connectivity index (χ3v) is 3.48. The van der Waals surface area contributed by atoms with Gasteiger partial charge in [-0.15, -0.1) is 11.6 Å². The standard InChI is InChI=1S/C13H10Cl2FN3O/c1-7-5-17-13(20-7)6-19-11-3-9(16)8(15)2-10(11)18-12(19)4-14/h2-3,5H,4,6H2,1H3. The van der Waals surface area contributed by atoms with Gasteiger partial charge in [0, 0.05) is 6.07 Å². The molecule has 20 heavy (non-hydrogen) atoms. The van der Waals surface area contributed by atoms with Crippen LogP contribution in [-0.2, 0) is 12.4 Å². The third-order valence-electron chi connectivity index (χ3n) is 2.95. The fourth-order valence-electron chi connectivity index (χ4n) is 2.06. The van der Waals surface area contributed by atoms with E-state index in [4.69, 9.17) is 27.6 Å². The van der Waals surface area contributed by atoms with Crippen LogP contribution < -0.4 is 0 Å². The Balaban J connectivity index is 2.14. The molecule has 0 bridgehead atoms. The van der Waals surface area contributed by atoms with Gasteiger partial charge in [-0.1, -0.05) is 11.6 Å². The van der Waals surface area contributed by atoms with Crippen molar-refractivity contribution in [2.45, 2.75) is 19.3 Å². The van der Waals surface area contributed by atoms with Crippen LogP contribution in [0.15, 0.2) is 22.7 Å². The van der Waals surface area contributed by atoms with E-state index in [-0.39, 0.29) is 10.9 Å². The lowest BCUT2D eigenvalue weighted by molar-refractivity contribution is 0.457.